The summed E-state index contributed by atoms with van der Waals surface area (Å²) in [5.74, 6) is 0. The van der Waals surface area contributed by atoms with Crippen molar-refractivity contribution < 1.29 is 34.6 Å². The van der Waals surface area contributed by atoms with Gasteiger partial charge in [0, 0.05) is 17.1 Å². The van der Waals surface area contributed by atoms with E-state index in [0.717, 1.165) is 0 Å². The Bertz CT molecular complexity index is 59.8. The van der Waals surface area contributed by atoms with Crippen LogP contribution in [0.25, 0.3) is 0 Å². The Hall–Kier alpha value is -0.0205. The quantitative estimate of drug-likeness (QED) is 0.371. The molecule has 0 aromatic rings. The topological polar surface area (TPSA) is 0 Å². The third-order valence-corrected chi connectivity index (χ3v) is 0.143. The minimum atomic E-state index is -2.91. The third kappa shape index (κ3) is 5.98. The van der Waals surface area contributed by atoms with Gasteiger partial charge in [-0.3, -0.25) is 0 Å². The zero-order chi connectivity index (χ0) is 5.15. The van der Waals surface area contributed by atoms with Gasteiger partial charge in [0.25, 0.3) is 0 Å². The molecule has 0 atom stereocenters. The van der Waals surface area contributed by atoms with E-state index in [1.54, 1.807) is 0 Å². The molecule has 0 fully saturated rings. The predicted octanol–water partition coefficient (Wildman–Crippen LogP) is 1.99. The summed E-state index contributed by atoms with van der Waals surface area (Å²) in [6, 6.07) is 0. The minimum Gasteiger partial charge on any atom is -0.167 e. The van der Waals surface area contributed by atoms with E-state index in [2.05, 4.69) is 0 Å². The van der Waals surface area contributed by atoms with E-state index in [-0.39, 0.29) is 17.1 Å². The molecule has 0 saturated heterocycles. The van der Waals surface area contributed by atoms with Gasteiger partial charge in [0.2, 0.25) is 0 Å². The summed E-state index contributed by atoms with van der Waals surface area (Å²) in [6.07, 6.45) is -5.81. The average Bonchev–Trinajstić information content (AvgIpc) is 1.36. The van der Waals surface area contributed by atoms with Crippen molar-refractivity contribution in [3.63, 3.8) is 0 Å². The Balaban J connectivity index is 0. The smallest absolute Gasteiger partial charge is 0.167 e. The van der Waals surface area contributed by atoms with Crippen molar-refractivity contribution in [1.82, 2.24) is 0 Å². The first-order valence-corrected chi connectivity index (χ1v) is 1.01. The molecule has 0 nitrogen and oxygen atoms in total. The summed E-state index contributed by atoms with van der Waals surface area (Å²) in [5, 5.41) is 0. The fraction of sp³-hybridized carbons (Fsp3) is 0. The van der Waals surface area contributed by atoms with Gasteiger partial charge in [-0.1, -0.05) is 0 Å². The zero-order valence-corrected chi connectivity index (χ0v) is 3.97. The van der Waals surface area contributed by atoms with Gasteiger partial charge >= 0.3 is 12.2 Å². The van der Waals surface area contributed by atoms with Crippen LogP contribution in [0.2, 0.25) is 0 Å². The predicted molar refractivity (Wildman–Crippen MR) is 11.5 cm³/mol. The van der Waals surface area contributed by atoms with E-state index in [4.69, 9.17) is 0 Å². The zero-order valence-electron chi connectivity index (χ0n) is 2.87. The van der Waals surface area contributed by atoms with E-state index in [0.29, 0.717) is 0 Å². The monoisotopic (exact) mass is 156 g/mol. The molecule has 0 aliphatic carbocycles. The molecule has 0 bridgehead atoms. The first-order chi connectivity index (χ1) is 2.64. The van der Waals surface area contributed by atoms with E-state index in [1.165, 1.54) is 0 Å². The minimum absolute atomic E-state index is 0. The van der Waals surface area contributed by atoms with Gasteiger partial charge in [-0.25, -0.2) is 0 Å². The van der Waals surface area contributed by atoms with Gasteiger partial charge in [0.1, 0.15) is 0 Å². The molecular weight excluding hydrogens is 156 g/mol. The van der Waals surface area contributed by atoms with Crippen LogP contribution in [0.5, 0.6) is 0 Å². The van der Waals surface area contributed by atoms with Crippen LogP contribution >= 0.6 is 0 Å². The van der Waals surface area contributed by atoms with E-state index in [1.807, 2.05) is 0 Å². The van der Waals surface area contributed by atoms with Crippen LogP contribution in [0.4, 0.5) is 17.6 Å². The summed E-state index contributed by atoms with van der Waals surface area (Å²) < 4.78 is 41.1. The Morgan fingerprint density at radius 1 is 0.714 bits per heavy atom. The fourth-order valence-electron chi connectivity index (χ4n) is 0. The van der Waals surface area contributed by atoms with E-state index in [9.17, 15) is 17.6 Å². The van der Waals surface area contributed by atoms with E-state index >= 15 is 0 Å². The standard InChI is InChI=1S/C2F4.Fe/c3-1(4)2(5)6;. The van der Waals surface area contributed by atoms with Gasteiger partial charge in [-0.05, 0) is 0 Å². The molecule has 0 unspecified atom stereocenters. The van der Waals surface area contributed by atoms with Crippen LogP contribution in [0, 0.1) is 0 Å². The molecule has 7 heavy (non-hydrogen) atoms. The molecule has 0 N–H and O–H groups in total. The maximum atomic E-state index is 10.3. The van der Waals surface area contributed by atoms with Crippen molar-refractivity contribution in [2.75, 3.05) is 0 Å². The van der Waals surface area contributed by atoms with Gasteiger partial charge < -0.3 is 0 Å². The molecule has 0 radical (unpaired) electrons. The third-order valence-electron chi connectivity index (χ3n) is 0.143. The second-order valence-corrected chi connectivity index (χ2v) is 0.521. The normalized spacial score (nSPS) is 6.86. The second-order valence-electron chi connectivity index (χ2n) is 0.521. The Labute approximate surface area is 47.7 Å². The Morgan fingerprint density at radius 2 is 0.857 bits per heavy atom. The summed E-state index contributed by atoms with van der Waals surface area (Å²) >= 11 is 0. The molecule has 0 aromatic carbocycles. The van der Waals surface area contributed by atoms with Crippen LogP contribution in [-0.4, -0.2) is 0 Å². The van der Waals surface area contributed by atoms with Crippen LogP contribution in [0.3, 0.4) is 0 Å². The molecule has 44 valence electrons. The summed E-state index contributed by atoms with van der Waals surface area (Å²) in [4.78, 5) is 0. The summed E-state index contributed by atoms with van der Waals surface area (Å²) in [7, 11) is 0. The first kappa shape index (κ1) is 10.1. The first-order valence-electron chi connectivity index (χ1n) is 1.01. The molecule has 0 heterocycles. The van der Waals surface area contributed by atoms with Crippen LogP contribution in [0.15, 0.2) is 12.2 Å². The summed E-state index contributed by atoms with van der Waals surface area (Å²) in [6.45, 7) is 0. The molecule has 0 spiro atoms. The van der Waals surface area contributed by atoms with Gasteiger partial charge in [-0.15, -0.1) is 0 Å². The van der Waals surface area contributed by atoms with Crippen molar-refractivity contribution in [2.24, 2.45) is 0 Å². The van der Waals surface area contributed by atoms with Crippen molar-refractivity contribution in [1.29, 1.82) is 0 Å². The van der Waals surface area contributed by atoms with Crippen molar-refractivity contribution in [2.45, 2.75) is 0 Å². The number of hydrogen-bond donors (Lipinski definition) is 0. The Kier molecular flexibility index (Phi) is 5.96. The maximum absolute atomic E-state index is 10.3. The Morgan fingerprint density at radius 3 is 0.857 bits per heavy atom. The molecule has 0 amide bonds. The average molecular weight is 156 g/mol. The molecule has 0 aliphatic heterocycles. The molecule has 0 saturated carbocycles. The van der Waals surface area contributed by atoms with Crippen LogP contribution in [0.1, 0.15) is 0 Å². The van der Waals surface area contributed by atoms with Gasteiger partial charge in [0.15, 0.2) is 0 Å². The van der Waals surface area contributed by atoms with Crippen LogP contribution in [-0.2, 0) is 17.1 Å². The molecule has 0 aliphatic rings. The van der Waals surface area contributed by atoms with Crippen molar-refractivity contribution >= 4 is 0 Å². The van der Waals surface area contributed by atoms with Crippen molar-refractivity contribution in [3.05, 3.63) is 12.2 Å². The van der Waals surface area contributed by atoms with Crippen molar-refractivity contribution in [3.8, 4) is 0 Å². The van der Waals surface area contributed by atoms with Gasteiger partial charge in [-0.2, -0.15) is 17.6 Å². The molecular formula is C2F4Fe. The molecule has 0 aromatic heterocycles. The second kappa shape index (κ2) is 4.15. The number of halogens is 4. The van der Waals surface area contributed by atoms with Crippen LogP contribution < -0.4 is 0 Å². The molecule has 0 rings (SSSR count). The molecule has 5 heteroatoms. The largest absolute Gasteiger partial charge is 0.334 e. The fourth-order valence-corrected chi connectivity index (χ4v) is 0. The number of rotatable bonds is 0. The maximum Gasteiger partial charge on any atom is 0.334 e. The SMILES string of the molecule is FC(F)=C(F)F.[Fe]. The van der Waals surface area contributed by atoms with Gasteiger partial charge in [0.05, 0.1) is 0 Å². The number of hydrogen-bond acceptors (Lipinski definition) is 0. The summed E-state index contributed by atoms with van der Waals surface area (Å²) in [5.41, 5.74) is 0. The van der Waals surface area contributed by atoms with E-state index < -0.39 is 12.2 Å².